The molecule has 1 aromatic carbocycles. The molecule has 0 aliphatic carbocycles. The van der Waals surface area contributed by atoms with Gasteiger partial charge in [-0.1, -0.05) is 36.8 Å². The van der Waals surface area contributed by atoms with Gasteiger partial charge in [0.05, 0.1) is 31.4 Å². The Balaban J connectivity index is 1.67. The highest BCUT2D eigenvalue weighted by molar-refractivity contribution is 5.82. The van der Waals surface area contributed by atoms with E-state index in [4.69, 9.17) is 9.47 Å². The fourth-order valence-corrected chi connectivity index (χ4v) is 4.42. The van der Waals surface area contributed by atoms with Crippen molar-refractivity contribution in [1.29, 1.82) is 0 Å². The molecule has 8 nitrogen and oxygen atoms in total. The van der Waals surface area contributed by atoms with Crippen LogP contribution in [-0.2, 0) is 20.7 Å². The predicted molar refractivity (Wildman–Crippen MR) is 126 cm³/mol. The van der Waals surface area contributed by atoms with Gasteiger partial charge in [0.25, 0.3) is 0 Å². The number of nitrogens with zero attached hydrogens (tertiary/aromatic N) is 1. The van der Waals surface area contributed by atoms with Gasteiger partial charge in [-0.3, -0.25) is 9.69 Å². The maximum atomic E-state index is 12.9. The smallest absolute Gasteiger partial charge is 0.407 e. The second-order valence-corrected chi connectivity index (χ2v) is 10.1. The molecule has 3 N–H and O–H groups in total. The van der Waals surface area contributed by atoms with Gasteiger partial charge < -0.3 is 25.2 Å². The van der Waals surface area contributed by atoms with E-state index in [0.717, 1.165) is 31.4 Å². The summed E-state index contributed by atoms with van der Waals surface area (Å²) in [5, 5.41) is 17.1. The first kappa shape index (κ1) is 25.5. The summed E-state index contributed by atoms with van der Waals surface area (Å²) in [6.45, 7) is 7.92. The molecule has 2 amide bonds. The van der Waals surface area contributed by atoms with Gasteiger partial charge in [-0.2, -0.15) is 0 Å². The van der Waals surface area contributed by atoms with Crippen molar-refractivity contribution < 1.29 is 24.2 Å². The number of rotatable bonds is 8. The number of hydrogen-bond acceptors (Lipinski definition) is 6. The normalized spacial score (nSPS) is 23.5. The Labute approximate surface area is 197 Å². The van der Waals surface area contributed by atoms with Crippen LogP contribution >= 0.6 is 0 Å². The Kier molecular flexibility index (Phi) is 9.11. The second-order valence-electron chi connectivity index (χ2n) is 10.1. The first-order valence-electron chi connectivity index (χ1n) is 12.0. The van der Waals surface area contributed by atoms with E-state index >= 15 is 0 Å². The molecule has 2 aliphatic rings. The standard InChI is InChI=1S/C25H39N3O5/c1-25(2,3)27-23(30)21-11-7-8-13-28(21)16-22(29)20(15-18-9-5-4-6-10-18)26-24(31)33-19-12-14-32-17-19/h4-6,9-10,19-22,29H,7-8,11-17H2,1-3H3,(H,26,31)(H,27,30)/t19-,20-,21-,22+/m0/s1. The van der Waals surface area contributed by atoms with Crippen LogP contribution in [0.15, 0.2) is 30.3 Å². The van der Waals surface area contributed by atoms with Gasteiger partial charge >= 0.3 is 6.09 Å². The number of nitrogens with one attached hydrogen (secondary N) is 2. The van der Waals surface area contributed by atoms with Crippen molar-refractivity contribution in [2.45, 2.75) is 82.7 Å². The highest BCUT2D eigenvalue weighted by atomic mass is 16.6. The molecule has 2 fully saturated rings. The summed E-state index contributed by atoms with van der Waals surface area (Å²) in [6.07, 6.45) is 2.19. The van der Waals surface area contributed by atoms with Gasteiger partial charge in [-0.05, 0) is 52.1 Å². The van der Waals surface area contributed by atoms with Crippen molar-refractivity contribution in [3.8, 4) is 0 Å². The third-order valence-electron chi connectivity index (χ3n) is 6.06. The van der Waals surface area contributed by atoms with Crippen molar-refractivity contribution in [3.05, 3.63) is 35.9 Å². The van der Waals surface area contributed by atoms with Gasteiger partial charge in [0, 0.05) is 18.5 Å². The third kappa shape index (κ3) is 8.28. The molecule has 0 bridgehead atoms. The lowest BCUT2D eigenvalue weighted by Gasteiger charge is -2.38. The van der Waals surface area contributed by atoms with Crippen LogP contribution in [0.5, 0.6) is 0 Å². The van der Waals surface area contributed by atoms with E-state index in [0.29, 0.717) is 32.6 Å². The summed E-state index contributed by atoms with van der Waals surface area (Å²) in [5.41, 5.74) is 0.691. The molecule has 1 aromatic rings. The van der Waals surface area contributed by atoms with Gasteiger partial charge in [0.1, 0.15) is 6.10 Å². The number of β-amino-alcohol motifs (C(OH)–C–C–N with tert-alkyl or cyclic N) is 1. The number of benzene rings is 1. The summed E-state index contributed by atoms with van der Waals surface area (Å²) < 4.78 is 10.7. The molecule has 3 rings (SSSR count). The zero-order valence-corrected chi connectivity index (χ0v) is 20.1. The number of aliphatic hydroxyl groups is 1. The molecule has 8 heteroatoms. The Morgan fingerprint density at radius 3 is 2.64 bits per heavy atom. The van der Waals surface area contributed by atoms with Crippen LogP contribution in [0.2, 0.25) is 0 Å². The summed E-state index contributed by atoms with van der Waals surface area (Å²) in [6, 6.07) is 8.91. The summed E-state index contributed by atoms with van der Waals surface area (Å²) in [5.74, 6) is -0.0115. The number of ether oxygens (including phenoxy) is 2. The lowest BCUT2D eigenvalue weighted by atomic mass is 9.96. The highest BCUT2D eigenvalue weighted by Gasteiger charge is 2.34. The summed E-state index contributed by atoms with van der Waals surface area (Å²) in [7, 11) is 0. The van der Waals surface area contributed by atoms with E-state index in [2.05, 4.69) is 10.6 Å². The van der Waals surface area contributed by atoms with E-state index in [1.54, 1.807) is 0 Å². The quantitative estimate of drug-likeness (QED) is 0.549. The summed E-state index contributed by atoms with van der Waals surface area (Å²) >= 11 is 0. The molecular formula is C25H39N3O5. The van der Waals surface area contributed by atoms with Crippen LogP contribution in [0, 0.1) is 0 Å². The molecule has 0 unspecified atom stereocenters. The van der Waals surface area contributed by atoms with Crippen molar-refractivity contribution in [3.63, 3.8) is 0 Å². The fraction of sp³-hybridized carbons (Fsp3) is 0.680. The van der Waals surface area contributed by atoms with E-state index in [1.807, 2.05) is 56.0 Å². The molecular weight excluding hydrogens is 422 g/mol. The van der Waals surface area contributed by atoms with Crippen molar-refractivity contribution in [2.75, 3.05) is 26.3 Å². The zero-order valence-electron chi connectivity index (χ0n) is 20.1. The van der Waals surface area contributed by atoms with E-state index < -0.39 is 18.2 Å². The second kappa shape index (κ2) is 11.8. The van der Waals surface area contributed by atoms with E-state index in [1.165, 1.54) is 0 Å². The zero-order chi connectivity index (χ0) is 23.8. The van der Waals surface area contributed by atoms with Crippen LogP contribution in [0.4, 0.5) is 4.79 Å². The lowest BCUT2D eigenvalue weighted by Crippen LogP contribution is -2.57. The van der Waals surface area contributed by atoms with Crippen LogP contribution in [-0.4, -0.2) is 78.1 Å². The number of hydrogen-bond donors (Lipinski definition) is 3. The number of aliphatic hydroxyl groups excluding tert-OH is 1. The van der Waals surface area contributed by atoms with Crippen LogP contribution in [0.25, 0.3) is 0 Å². The maximum absolute atomic E-state index is 12.9. The molecule has 2 saturated heterocycles. The van der Waals surface area contributed by atoms with Gasteiger partial charge in [0.15, 0.2) is 0 Å². The van der Waals surface area contributed by atoms with E-state index in [-0.39, 0.29) is 23.6 Å². The maximum Gasteiger partial charge on any atom is 0.407 e. The first-order chi connectivity index (χ1) is 15.7. The summed E-state index contributed by atoms with van der Waals surface area (Å²) in [4.78, 5) is 27.5. The molecule has 0 aromatic heterocycles. The molecule has 0 radical (unpaired) electrons. The minimum atomic E-state index is -0.861. The number of amides is 2. The van der Waals surface area contributed by atoms with Crippen LogP contribution in [0.1, 0.15) is 52.0 Å². The minimum absolute atomic E-state index is 0.0115. The van der Waals surface area contributed by atoms with Crippen molar-refractivity contribution in [2.24, 2.45) is 0 Å². The monoisotopic (exact) mass is 461 g/mol. The average molecular weight is 462 g/mol. The van der Waals surface area contributed by atoms with Crippen LogP contribution in [0.3, 0.4) is 0 Å². The number of alkyl carbamates (subject to hydrolysis) is 1. The largest absolute Gasteiger partial charge is 0.444 e. The molecule has 184 valence electrons. The predicted octanol–water partition coefficient (Wildman–Crippen LogP) is 2.24. The number of likely N-dealkylation sites (tertiary alicyclic amines) is 1. The Morgan fingerprint density at radius 2 is 1.97 bits per heavy atom. The third-order valence-corrected chi connectivity index (χ3v) is 6.06. The van der Waals surface area contributed by atoms with Gasteiger partial charge in [0.2, 0.25) is 5.91 Å². The highest BCUT2D eigenvalue weighted by Crippen LogP contribution is 2.20. The SMILES string of the molecule is CC(C)(C)NC(=O)[C@@H]1CCCCN1C[C@@H](O)[C@H](Cc1ccccc1)NC(=O)O[C@H]1CCOC1. The molecule has 2 heterocycles. The Bertz CT molecular complexity index is 761. The minimum Gasteiger partial charge on any atom is -0.444 e. The fourth-order valence-electron chi connectivity index (χ4n) is 4.42. The number of carbonyl (C=O) groups excluding carboxylic acids is 2. The topological polar surface area (TPSA) is 100 Å². The number of carbonyl (C=O) groups is 2. The van der Waals surface area contributed by atoms with Crippen molar-refractivity contribution >= 4 is 12.0 Å². The molecule has 33 heavy (non-hydrogen) atoms. The number of piperidine rings is 1. The van der Waals surface area contributed by atoms with Crippen molar-refractivity contribution in [1.82, 2.24) is 15.5 Å². The van der Waals surface area contributed by atoms with E-state index in [9.17, 15) is 14.7 Å². The molecule has 0 spiro atoms. The first-order valence-corrected chi connectivity index (χ1v) is 12.0. The Hall–Kier alpha value is -2.16. The Morgan fingerprint density at radius 1 is 1.21 bits per heavy atom. The lowest BCUT2D eigenvalue weighted by molar-refractivity contribution is -0.129. The molecule has 0 saturated carbocycles. The molecule has 4 atom stereocenters. The van der Waals surface area contributed by atoms with Crippen LogP contribution < -0.4 is 10.6 Å². The average Bonchev–Trinajstić information content (AvgIpc) is 3.26. The molecule has 2 aliphatic heterocycles. The van der Waals surface area contributed by atoms with Gasteiger partial charge in [-0.15, -0.1) is 0 Å². The van der Waals surface area contributed by atoms with Gasteiger partial charge in [-0.25, -0.2) is 4.79 Å².